The zero-order valence-electron chi connectivity index (χ0n) is 10.7. The Bertz CT molecular complexity index is 483. The largest absolute Gasteiger partial charge is 0.474 e. The number of halogens is 1. The minimum Gasteiger partial charge on any atom is -0.474 e. The smallest absolute Gasteiger partial charge is 0.269 e. The van der Waals surface area contributed by atoms with Crippen LogP contribution in [-0.4, -0.2) is 50.2 Å². The summed E-state index contributed by atoms with van der Waals surface area (Å²) >= 11 is 0. The summed E-state index contributed by atoms with van der Waals surface area (Å²) in [6, 6.07) is 4.02. The molecular formula is C12H17ClN4O2. The second-order valence-electron chi connectivity index (χ2n) is 4.46. The predicted molar refractivity (Wildman–Crippen MR) is 74.4 cm³/mol. The summed E-state index contributed by atoms with van der Waals surface area (Å²) in [6.07, 6.45) is 0. The Hall–Kier alpha value is -1.53. The summed E-state index contributed by atoms with van der Waals surface area (Å²) in [5.74, 6) is 0.373. The number of rotatable bonds is 1. The number of hydrogen-bond donors (Lipinski definition) is 2. The van der Waals surface area contributed by atoms with Gasteiger partial charge in [0.1, 0.15) is 18.0 Å². The van der Waals surface area contributed by atoms with Crippen molar-refractivity contribution in [2.45, 2.75) is 6.04 Å². The SMILES string of the molecule is CNC(=O)c1ccc2c(n1)OCC1CNCCN21.Cl. The lowest BCUT2D eigenvalue weighted by Crippen LogP contribution is -2.55. The van der Waals surface area contributed by atoms with Gasteiger partial charge in [0, 0.05) is 26.7 Å². The molecule has 3 rings (SSSR count). The number of carbonyl (C=O) groups excluding carboxylic acids is 1. The molecule has 0 aliphatic carbocycles. The molecule has 1 amide bonds. The van der Waals surface area contributed by atoms with Crippen molar-refractivity contribution in [2.24, 2.45) is 0 Å². The van der Waals surface area contributed by atoms with Crippen LogP contribution in [0.15, 0.2) is 12.1 Å². The van der Waals surface area contributed by atoms with Crippen LogP contribution in [0.2, 0.25) is 0 Å². The quantitative estimate of drug-likeness (QED) is 0.762. The summed E-state index contributed by atoms with van der Waals surface area (Å²) in [4.78, 5) is 18.1. The number of fused-ring (bicyclic) bond motifs is 3. The Morgan fingerprint density at radius 2 is 2.42 bits per heavy atom. The van der Waals surface area contributed by atoms with Gasteiger partial charge in [-0.1, -0.05) is 0 Å². The number of nitrogens with zero attached hydrogens (tertiary/aromatic N) is 2. The van der Waals surface area contributed by atoms with E-state index in [-0.39, 0.29) is 18.3 Å². The van der Waals surface area contributed by atoms with Crippen LogP contribution in [-0.2, 0) is 0 Å². The van der Waals surface area contributed by atoms with E-state index in [1.165, 1.54) is 0 Å². The third-order valence-corrected chi connectivity index (χ3v) is 3.37. The van der Waals surface area contributed by atoms with E-state index in [1.807, 2.05) is 6.07 Å². The first-order chi connectivity index (χ1) is 8.79. The van der Waals surface area contributed by atoms with Crippen LogP contribution in [0.3, 0.4) is 0 Å². The van der Waals surface area contributed by atoms with Gasteiger partial charge in [0.05, 0.1) is 6.04 Å². The normalized spacial score (nSPS) is 20.5. The number of piperazine rings is 1. The molecule has 0 bridgehead atoms. The maximum Gasteiger partial charge on any atom is 0.269 e. The number of nitrogens with one attached hydrogen (secondary N) is 2. The van der Waals surface area contributed by atoms with Gasteiger partial charge in [-0.3, -0.25) is 4.79 Å². The lowest BCUT2D eigenvalue weighted by molar-refractivity contribution is 0.0956. The highest BCUT2D eigenvalue weighted by Crippen LogP contribution is 2.32. The first-order valence-corrected chi connectivity index (χ1v) is 6.13. The van der Waals surface area contributed by atoms with Crippen LogP contribution in [0.4, 0.5) is 5.69 Å². The Balaban J connectivity index is 0.00000133. The van der Waals surface area contributed by atoms with Gasteiger partial charge in [-0.05, 0) is 12.1 Å². The van der Waals surface area contributed by atoms with Gasteiger partial charge in [0.2, 0.25) is 5.88 Å². The van der Waals surface area contributed by atoms with Crippen LogP contribution < -0.4 is 20.3 Å². The van der Waals surface area contributed by atoms with E-state index < -0.39 is 0 Å². The van der Waals surface area contributed by atoms with Crippen molar-refractivity contribution in [3.63, 3.8) is 0 Å². The summed E-state index contributed by atoms with van der Waals surface area (Å²) in [6.45, 7) is 3.45. The molecular weight excluding hydrogens is 268 g/mol. The highest BCUT2D eigenvalue weighted by Gasteiger charge is 2.30. The molecule has 1 fully saturated rings. The minimum absolute atomic E-state index is 0. The van der Waals surface area contributed by atoms with Gasteiger partial charge in [0.15, 0.2) is 0 Å². The number of anilines is 1. The maximum absolute atomic E-state index is 11.5. The fourth-order valence-corrected chi connectivity index (χ4v) is 2.41. The van der Waals surface area contributed by atoms with E-state index in [2.05, 4.69) is 20.5 Å². The number of ether oxygens (including phenoxy) is 1. The van der Waals surface area contributed by atoms with Crippen LogP contribution in [0.25, 0.3) is 0 Å². The van der Waals surface area contributed by atoms with Crippen molar-refractivity contribution in [2.75, 3.05) is 38.2 Å². The predicted octanol–water partition coefficient (Wildman–Crippen LogP) is 0.0336. The molecule has 1 aromatic heterocycles. The fourth-order valence-electron chi connectivity index (χ4n) is 2.41. The Kier molecular flexibility index (Phi) is 4.11. The molecule has 2 aliphatic rings. The summed E-state index contributed by atoms with van der Waals surface area (Å²) < 4.78 is 5.66. The van der Waals surface area contributed by atoms with Crippen LogP contribution in [0, 0.1) is 0 Å². The molecule has 1 atom stereocenters. The van der Waals surface area contributed by atoms with Gasteiger partial charge in [0.25, 0.3) is 5.91 Å². The van der Waals surface area contributed by atoms with Gasteiger partial charge in [-0.25, -0.2) is 4.98 Å². The number of pyridine rings is 1. The standard InChI is InChI=1S/C12H16N4O2.ClH/c1-13-11(17)9-2-3-10-12(15-9)18-7-8-6-14-4-5-16(8)10;/h2-3,8,14H,4-7H2,1H3,(H,13,17);1H. The highest BCUT2D eigenvalue weighted by molar-refractivity contribution is 5.92. The first-order valence-electron chi connectivity index (χ1n) is 6.13. The van der Waals surface area contributed by atoms with E-state index in [0.717, 1.165) is 25.3 Å². The summed E-state index contributed by atoms with van der Waals surface area (Å²) in [5.41, 5.74) is 1.38. The number of amides is 1. The van der Waals surface area contributed by atoms with E-state index in [9.17, 15) is 4.79 Å². The second-order valence-corrected chi connectivity index (χ2v) is 4.46. The van der Waals surface area contributed by atoms with Crippen LogP contribution in [0.1, 0.15) is 10.5 Å². The third kappa shape index (κ3) is 2.46. The third-order valence-electron chi connectivity index (χ3n) is 3.37. The van der Waals surface area contributed by atoms with E-state index in [4.69, 9.17) is 4.74 Å². The minimum atomic E-state index is -0.191. The molecule has 1 saturated heterocycles. The molecule has 6 nitrogen and oxygen atoms in total. The topological polar surface area (TPSA) is 66.5 Å². The second kappa shape index (κ2) is 5.63. The Morgan fingerprint density at radius 3 is 3.21 bits per heavy atom. The number of aromatic nitrogens is 1. The van der Waals surface area contributed by atoms with Crippen molar-refractivity contribution >= 4 is 24.0 Å². The molecule has 0 aromatic carbocycles. The lowest BCUT2D eigenvalue weighted by Gasteiger charge is -2.41. The van der Waals surface area contributed by atoms with Crippen LogP contribution >= 0.6 is 12.4 Å². The van der Waals surface area contributed by atoms with Crippen molar-refractivity contribution in [3.05, 3.63) is 17.8 Å². The van der Waals surface area contributed by atoms with Gasteiger partial charge < -0.3 is 20.3 Å². The Labute approximate surface area is 117 Å². The van der Waals surface area contributed by atoms with Crippen molar-refractivity contribution in [1.29, 1.82) is 0 Å². The monoisotopic (exact) mass is 284 g/mol. The van der Waals surface area contributed by atoms with Crippen molar-refractivity contribution in [1.82, 2.24) is 15.6 Å². The molecule has 7 heteroatoms. The zero-order chi connectivity index (χ0) is 12.5. The highest BCUT2D eigenvalue weighted by atomic mass is 35.5. The van der Waals surface area contributed by atoms with E-state index >= 15 is 0 Å². The summed E-state index contributed by atoms with van der Waals surface area (Å²) in [5, 5.41) is 5.91. The van der Waals surface area contributed by atoms with Gasteiger partial charge in [-0.15, -0.1) is 12.4 Å². The average Bonchev–Trinajstić information content (AvgIpc) is 2.45. The van der Waals surface area contributed by atoms with Crippen molar-refractivity contribution in [3.8, 4) is 5.88 Å². The lowest BCUT2D eigenvalue weighted by atomic mass is 10.1. The van der Waals surface area contributed by atoms with Crippen LogP contribution in [0.5, 0.6) is 5.88 Å². The molecule has 0 saturated carbocycles. The molecule has 0 radical (unpaired) electrons. The average molecular weight is 285 g/mol. The fraction of sp³-hybridized carbons (Fsp3) is 0.500. The number of carbonyl (C=O) groups is 1. The van der Waals surface area contributed by atoms with E-state index in [0.29, 0.717) is 24.2 Å². The molecule has 2 N–H and O–H groups in total. The maximum atomic E-state index is 11.5. The molecule has 19 heavy (non-hydrogen) atoms. The van der Waals surface area contributed by atoms with Crippen molar-refractivity contribution < 1.29 is 9.53 Å². The number of hydrogen-bond acceptors (Lipinski definition) is 5. The van der Waals surface area contributed by atoms with Gasteiger partial charge in [-0.2, -0.15) is 0 Å². The first kappa shape index (κ1) is 13.9. The molecule has 0 spiro atoms. The molecule has 104 valence electrons. The van der Waals surface area contributed by atoms with Gasteiger partial charge >= 0.3 is 0 Å². The summed E-state index contributed by atoms with van der Waals surface area (Å²) in [7, 11) is 1.59. The molecule has 3 heterocycles. The molecule has 1 unspecified atom stereocenters. The molecule has 2 aliphatic heterocycles. The molecule has 1 aromatic rings. The zero-order valence-corrected chi connectivity index (χ0v) is 11.5. The Morgan fingerprint density at radius 1 is 1.58 bits per heavy atom. The van der Waals surface area contributed by atoms with E-state index in [1.54, 1.807) is 13.1 Å².